The summed E-state index contributed by atoms with van der Waals surface area (Å²) in [6.07, 6.45) is 7.42. The van der Waals surface area contributed by atoms with E-state index in [9.17, 15) is 9.59 Å². The molecule has 1 N–H and O–H groups in total. The number of amides is 2. The predicted octanol–water partition coefficient (Wildman–Crippen LogP) is 4.34. The fourth-order valence-corrected chi connectivity index (χ4v) is 5.04. The van der Waals surface area contributed by atoms with Crippen LogP contribution in [0.3, 0.4) is 0 Å². The molecule has 1 saturated carbocycles. The minimum atomic E-state index is -0.254. The molecule has 0 bridgehead atoms. The van der Waals surface area contributed by atoms with Crippen LogP contribution in [0.1, 0.15) is 71.4 Å². The van der Waals surface area contributed by atoms with Crippen LogP contribution in [-0.2, 0) is 4.79 Å². The molecule has 7 heteroatoms. The number of aromatic nitrogens is 2. The Hall–Kier alpha value is -2.28. The SMILES string of the molecule is Cc1ccc(NC(=O)c2nnc(C3CCCN3C(=O)C3CCCCC3)s2)cc1. The first-order chi connectivity index (χ1) is 13.6. The number of anilines is 1. The summed E-state index contributed by atoms with van der Waals surface area (Å²) in [5.74, 6) is 0.172. The van der Waals surface area contributed by atoms with E-state index >= 15 is 0 Å². The number of likely N-dealkylation sites (tertiary alicyclic amines) is 1. The van der Waals surface area contributed by atoms with E-state index < -0.39 is 0 Å². The number of aryl methyl sites for hydroxylation is 1. The van der Waals surface area contributed by atoms with E-state index in [1.807, 2.05) is 36.1 Å². The maximum atomic E-state index is 13.0. The molecule has 2 amide bonds. The normalized spacial score (nSPS) is 20.3. The molecule has 1 saturated heterocycles. The molecule has 148 valence electrons. The Morgan fingerprint density at radius 3 is 2.54 bits per heavy atom. The number of carbonyl (C=O) groups is 2. The molecule has 1 aliphatic heterocycles. The maximum absolute atomic E-state index is 13.0. The summed E-state index contributed by atoms with van der Waals surface area (Å²) in [7, 11) is 0. The van der Waals surface area contributed by atoms with E-state index in [0.717, 1.165) is 61.3 Å². The fraction of sp³-hybridized carbons (Fsp3) is 0.524. The van der Waals surface area contributed by atoms with Crippen molar-refractivity contribution in [2.45, 2.75) is 57.9 Å². The van der Waals surface area contributed by atoms with Crippen molar-refractivity contribution < 1.29 is 9.59 Å². The number of rotatable bonds is 4. The van der Waals surface area contributed by atoms with Crippen LogP contribution in [0.2, 0.25) is 0 Å². The quantitative estimate of drug-likeness (QED) is 0.831. The second-order valence-corrected chi connectivity index (χ2v) is 8.80. The lowest BCUT2D eigenvalue weighted by Gasteiger charge is -2.29. The third-order valence-electron chi connectivity index (χ3n) is 5.72. The Morgan fingerprint density at radius 1 is 1.04 bits per heavy atom. The molecule has 2 aliphatic rings. The minimum absolute atomic E-state index is 0.0344. The van der Waals surface area contributed by atoms with Crippen LogP contribution in [-0.4, -0.2) is 33.5 Å². The van der Waals surface area contributed by atoms with E-state index in [1.54, 1.807) is 0 Å². The van der Waals surface area contributed by atoms with Gasteiger partial charge in [0, 0.05) is 18.2 Å². The molecule has 1 atom stereocenters. The Kier molecular flexibility index (Phi) is 5.71. The number of hydrogen-bond donors (Lipinski definition) is 1. The van der Waals surface area contributed by atoms with Gasteiger partial charge < -0.3 is 10.2 Å². The zero-order chi connectivity index (χ0) is 19.5. The Bertz CT molecular complexity index is 842. The van der Waals surface area contributed by atoms with E-state index in [4.69, 9.17) is 0 Å². The van der Waals surface area contributed by atoms with Gasteiger partial charge in [0.25, 0.3) is 5.91 Å². The van der Waals surface area contributed by atoms with Crippen LogP contribution in [0.15, 0.2) is 24.3 Å². The van der Waals surface area contributed by atoms with Crippen LogP contribution >= 0.6 is 11.3 Å². The minimum Gasteiger partial charge on any atom is -0.333 e. The summed E-state index contributed by atoms with van der Waals surface area (Å²) in [5, 5.41) is 12.3. The van der Waals surface area contributed by atoms with Crippen molar-refractivity contribution in [1.82, 2.24) is 15.1 Å². The van der Waals surface area contributed by atoms with Gasteiger partial charge in [-0.3, -0.25) is 9.59 Å². The first-order valence-electron chi connectivity index (χ1n) is 10.1. The molecule has 0 spiro atoms. The van der Waals surface area contributed by atoms with Crippen LogP contribution in [0.5, 0.6) is 0 Å². The molecular formula is C21H26N4O2S. The van der Waals surface area contributed by atoms with E-state index in [0.29, 0.717) is 5.01 Å². The summed E-state index contributed by atoms with van der Waals surface area (Å²) in [6, 6.07) is 7.61. The van der Waals surface area contributed by atoms with E-state index in [1.165, 1.54) is 17.8 Å². The number of benzene rings is 1. The van der Waals surface area contributed by atoms with Crippen molar-refractivity contribution in [3.63, 3.8) is 0 Å². The Labute approximate surface area is 169 Å². The average Bonchev–Trinajstić information content (AvgIpc) is 3.39. The molecule has 2 heterocycles. The first-order valence-corrected chi connectivity index (χ1v) is 11.0. The van der Waals surface area contributed by atoms with Gasteiger partial charge in [0.2, 0.25) is 10.9 Å². The zero-order valence-corrected chi connectivity index (χ0v) is 17.0. The van der Waals surface area contributed by atoms with E-state index in [2.05, 4.69) is 15.5 Å². The molecule has 2 aromatic rings. The van der Waals surface area contributed by atoms with Gasteiger partial charge in [0.1, 0.15) is 5.01 Å². The van der Waals surface area contributed by atoms with Crippen molar-refractivity contribution in [2.75, 3.05) is 11.9 Å². The molecule has 4 rings (SSSR count). The highest BCUT2D eigenvalue weighted by Crippen LogP contribution is 2.37. The molecule has 28 heavy (non-hydrogen) atoms. The van der Waals surface area contributed by atoms with Crippen LogP contribution in [0.4, 0.5) is 5.69 Å². The molecule has 1 unspecified atom stereocenters. The van der Waals surface area contributed by atoms with Crippen molar-refractivity contribution >= 4 is 28.8 Å². The standard InChI is InChI=1S/C21H26N4O2S/c1-14-9-11-16(12-10-14)22-18(26)20-24-23-19(28-20)17-8-5-13-25(17)21(27)15-6-3-2-4-7-15/h9-12,15,17H,2-8,13H2,1H3,(H,22,26). The summed E-state index contributed by atoms with van der Waals surface area (Å²) in [6.45, 7) is 2.79. The highest BCUT2D eigenvalue weighted by atomic mass is 32.1. The lowest BCUT2D eigenvalue weighted by molar-refractivity contribution is -0.137. The van der Waals surface area contributed by atoms with Crippen LogP contribution < -0.4 is 5.32 Å². The Balaban J connectivity index is 1.44. The predicted molar refractivity (Wildman–Crippen MR) is 109 cm³/mol. The molecule has 0 radical (unpaired) electrons. The Morgan fingerprint density at radius 2 is 1.79 bits per heavy atom. The monoisotopic (exact) mass is 398 g/mol. The van der Waals surface area contributed by atoms with Crippen LogP contribution in [0, 0.1) is 12.8 Å². The van der Waals surface area contributed by atoms with Gasteiger partial charge in [-0.1, -0.05) is 48.3 Å². The second-order valence-electron chi connectivity index (χ2n) is 7.79. The summed E-state index contributed by atoms with van der Waals surface area (Å²) < 4.78 is 0. The van der Waals surface area contributed by atoms with Gasteiger partial charge in [-0.25, -0.2) is 0 Å². The maximum Gasteiger partial charge on any atom is 0.286 e. The smallest absolute Gasteiger partial charge is 0.286 e. The number of carbonyl (C=O) groups excluding carboxylic acids is 2. The number of hydrogen-bond acceptors (Lipinski definition) is 5. The van der Waals surface area contributed by atoms with Gasteiger partial charge in [0.05, 0.1) is 6.04 Å². The molecule has 2 fully saturated rings. The molecule has 1 aliphatic carbocycles. The van der Waals surface area contributed by atoms with Gasteiger partial charge >= 0.3 is 0 Å². The van der Waals surface area contributed by atoms with Gasteiger partial charge in [-0.05, 0) is 44.7 Å². The molecular weight excluding hydrogens is 372 g/mol. The average molecular weight is 399 g/mol. The third kappa shape index (κ3) is 4.09. The fourth-order valence-electron chi connectivity index (χ4n) is 4.15. The van der Waals surface area contributed by atoms with Crippen molar-refractivity contribution in [2.24, 2.45) is 5.92 Å². The number of nitrogens with zero attached hydrogens (tertiary/aromatic N) is 3. The van der Waals surface area contributed by atoms with Crippen molar-refractivity contribution in [1.29, 1.82) is 0 Å². The summed E-state index contributed by atoms with van der Waals surface area (Å²) in [5.41, 5.74) is 1.88. The zero-order valence-electron chi connectivity index (χ0n) is 16.2. The van der Waals surface area contributed by atoms with Crippen LogP contribution in [0.25, 0.3) is 0 Å². The third-order valence-corrected chi connectivity index (χ3v) is 6.74. The topological polar surface area (TPSA) is 75.2 Å². The first kappa shape index (κ1) is 19.1. The van der Waals surface area contributed by atoms with Gasteiger partial charge in [0.15, 0.2) is 0 Å². The molecule has 1 aromatic carbocycles. The molecule has 1 aromatic heterocycles. The van der Waals surface area contributed by atoms with Crippen molar-refractivity contribution in [3.05, 3.63) is 39.8 Å². The van der Waals surface area contributed by atoms with Gasteiger partial charge in [-0.2, -0.15) is 0 Å². The summed E-state index contributed by atoms with van der Waals surface area (Å²) in [4.78, 5) is 27.5. The highest BCUT2D eigenvalue weighted by molar-refractivity contribution is 7.13. The van der Waals surface area contributed by atoms with Gasteiger partial charge in [-0.15, -0.1) is 10.2 Å². The largest absolute Gasteiger partial charge is 0.333 e. The summed E-state index contributed by atoms with van der Waals surface area (Å²) >= 11 is 1.30. The highest BCUT2D eigenvalue weighted by Gasteiger charge is 2.36. The molecule has 6 nitrogen and oxygen atoms in total. The lowest BCUT2D eigenvalue weighted by atomic mass is 9.88. The lowest BCUT2D eigenvalue weighted by Crippen LogP contribution is -2.36. The van der Waals surface area contributed by atoms with E-state index in [-0.39, 0.29) is 23.8 Å². The second kappa shape index (κ2) is 8.39. The number of nitrogens with one attached hydrogen (secondary N) is 1. The van der Waals surface area contributed by atoms with Crippen molar-refractivity contribution in [3.8, 4) is 0 Å².